The van der Waals surface area contributed by atoms with Crippen LogP contribution in [0.3, 0.4) is 0 Å². The summed E-state index contributed by atoms with van der Waals surface area (Å²) in [5.74, 6) is 0.618. The zero-order chi connectivity index (χ0) is 26.2. The standard InChI is InChI=1S/C12H12BrClN4O.C12H14N4O/c1-3-7-4-8(13)5-9(14)10(7)18-6-16-11(15-2)17-12(18)19;1-3-9-6-4-5-7-10(9)16-8-14-11(13-2)15-12(16)17/h4-6H,3H2,1-2H3,(H,15,17,19);4-8H,3H2,1-2H3,(H,13,15,17). The molecule has 0 fully saturated rings. The number of halogens is 2. The van der Waals surface area contributed by atoms with Crippen LogP contribution in [0.4, 0.5) is 11.9 Å². The molecule has 36 heavy (non-hydrogen) atoms. The molecule has 0 atom stereocenters. The Kier molecular flexibility index (Phi) is 9.31. The zero-order valence-corrected chi connectivity index (χ0v) is 22.6. The smallest absolute Gasteiger partial charge is 0.356 e. The van der Waals surface area contributed by atoms with E-state index in [0.29, 0.717) is 16.7 Å². The SMILES string of the molecule is CCc1cc(Br)cc(Cl)c1-n1cnc(NC)nc1=O.CCc1ccccc1-n1cnc(NC)nc1=O. The van der Waals surface area contributed by atoms with E-state index >= 15 is 0 Å². The van der Waals surface area contributed by atoms with Crippen molar-refractivity contribution in [2.24, 2.45) is 0 Å². The summed E-state index contributed by atoms with van der Waals surface area (Å²) in [6.45, 7) is 4.04. The highest BCUT2D eigenvalue weighted by Crippen LogP contribution is 2.28. The lowest BCUT2D eigenvalue weighted by Crippen LogP contribution is -2.24. The van der Waals surface area contributed by atoms with Crippen molar-refractivity contribution in [2.45, 2.75) is 26.7 Å². The molecule has 10 nitrogen and oxygen atoms in total. The van der Waals surface area contributed by atoms with Crippen LogP contribution in [0.5, 0.6) is 0 Å². The third-order valence-electron chi connectivity index (χ3n) is 5.21. The lowest BCUT2D eigenvalue weighted by molar-refractivity contribution is 0.850. The van der Waals surface area contributed by atoms with Crippen molar-refractivity contribution >= 4 is 39.4 Å². The molecule has 0 unspecified atom stereocenters. The van der Waals surface area contributed by atoms with E-state index in [9.17, 15) is 9.59 Å². The quantitative estimate of drug-likeness (QED) is 0.357. The topological polar surface area (TPSA) is 120 Å². The third-order valence-corrected chi connectivity index (χ3v) is 5.96. The minimum atomic E-state index is -0.418. The van der Waals surface area contributed by atoms with Crippen molar-refractivity contribution in [3.8, 4) is 11.4 Å². The number of hydrogen-bond acceptors (Lipinski definition) is 8. The first kappa shape index (κ1) is 27.0. The highest BCUT2D eigenvalue weighted by molar-refractivity contribution is 9.10. The molecular formula is C24H26BrClN8O2. The molecule has 2 heterocycles. The molecular weight excluding hydrogens is 548 g/mol. The fraction of sp³-hybridized carbons (Fsp3) is 0.250. The summed E-state index contributed by atoms with van der Waals surface area (Å²) in [6.07, 6.45) is 4.52. The van der Waals surface area contributed by atoms with Crippen LogP contribution in [0.25, 0.3) is 11.4 Å². The lowest BCUT2D eigenvalue weighted by atomic mass is 10.1. The van der Waals surface area contributed by atoms with Gasteiger partial charge < -0.3 is 10.6 Å². The van der Waals surface area contributed by atoms with Gasteiger partial charge in [0.2, 0.25) is 11.9 Å². The maximum Gasteiger partial charge on any atom is 0.356 e. The Balaban J connectivity index is 0.000000202. The monoisotopic (exact) mass is 572 g/mol. The Morgan fingerprint density at radius 1 is 0.861 bits per heavy atom. The van der Waals surface area contributed by atoms with Gasteiger partial charge >= 0.3 is 11.4 Å². The van der Waals surface area contributed by atoms with Gasteiger partial charge in [-0.1, -0.05) is 59.6 Å². The molecule has 0 spiro atoms. The number of nitrogens with one attached hydrogen (secondary N) is 2. The van der Waals surface area contributed by atoms with Crippen molar-refractivity contribution in [3.05, 3.63) is 90.6 Å². The first-order chi connectivity index (χ1) is 17.3. The number of anilines is 2. The first-order valence-corrected chi connectivity index (χ1v) is 12.3. The summed E-state index contributed by atoms with van der Waals surface area (Å²) in [5.41, 5.74) is 2.75. The maximum absolute atomic E-state index is 12.0. The van der Waals surface area contributed by atoms with Gasteiger partial charge in [0.05, 0.1) is 16.4 Å². The second-order valence-corrected chi connectivity index (χ2v) is 8.72. The van der Waals surface area contributed by atoms with Crippen LogP contribution in [-0.2, 0) is 12.8 Å². The van der Waals surface area contributed by atoms with Gasteiger partial charge in [-0.2, -0.15) is 9.97 Å². The molecule has 2 aromatic carbocycles. The number of benzene rings is 2. The molecule has 2 N–H and O–H groups in total. The summed E-state index contributed by atoms with van der Waals surface area (Å²) in [4.78, 5) is 39.6. The van der Waals surface area contributed by atoms with Crippen LogP contribution in [-0.4, -0.2) is 43.2 Å². The van der Waals surface area contributed by atoms with Crippen LogP contribution in [0, 0.1) is 0 Å². The molecule has 4 aromatic rings. The third kappa shape index (κ3) is 6.16. The molecule has 12 heteroatoms. The molecule has 0 bridgehead atoms. The predicted octanol–water partition coefficient (Wildman–Crippen LogP) is 3.88. The number of aromatic nitrogens is 6. The summed E-state index contributed by atoms with van der Waals surface area (Å²) in [5, 5.41) is 5.94. The molecule has 188 valence electrons. The van der Waals surface area contributed by atoms with Gasteiger partial charge in [0, 0.05) is 18.6 Å². The second kappa shape index (κ2) is 12.4. The summed E-state index contributed by atoms with van der Waals surface area (Å²) < 4.78 is 3.69. The number of aryl methyl sites for hydroxylation is 2. The first-order valence-electron chi connectivity index (χ1n) is 11.2. The minimum absolute atomic E-state index is 0.285. The van der Waals surface area contributed by atoms with Crippen LogP contribution in [0.2, 0.25) is 5.02 Å². The lowest BCUT2D eigenvalue weighted by Gasteiger charge is -2.12. The van der Waals surface area contributed by atoms with Gasteiger partial charge in [-0.05, 0) is 42.2 Å². The van der Waals surface area contributed by atoms with E-state index < -0.39 is 5.69 Å². The average Bonchev–Trinajstić information content (AvgIpc) is 2.89. The molecule has 2 aromatic heterocycles. The van der Waals surface area contributed by atoms with Gasteiger partial charge in [0.1, 0.15) is 12.7 Å². The van der Waals surface area contributed by atoms with Gasteiger partial charge in [0.15, 0.2) is 0 Å². The number of hydrogen-bond donors (Lipinski definition) is 2. The van der Waals surface area contributed by atoms with Gasteiger partial charge in [-0.15, -0.1) is 0 Å². The van der Waals surface area contributed by atoms with E-state index in [2.05, 4.69) is 46.5 Å². The van der Waals surface area contributed by atoms with Crippen molar-refractivity contribution in [1.29, 1.82) is 0 Å². The summed E-state index contributed by atoms with van der Waals surface area (Å²) >= 11 is 9.62. The highest BCUT2D eigenvalue weighted by atomic mass is 79.9. The normalized spacial score (nSPS) is 10.4. The van der Waals surface area contributed by atoms with E-state index in [1.54, 1.807) is 20.2 Å². The number of rotatable bonds is 6. The van der Waals surface area contributed by atoms with E-state index in [1.165, 1.54) is 21.8 Å². The largest absolute Gasteiger partial charge is 0.357 e. The van der Waals surface area contributed by atoms with Crippen molar-refractivity contribution in [3.63, 3.8) is 0 Å². The van der Waals surface area contributed by atoms with Crippen LogP contribution in [0.15, 0.2) is 63.1 Å². The Bertz CT molecular complexity index is 1470. The molecule has 0 aliphatic carbocycles. The van der Waals surface area contributed by atoms with Gasteiger partial charge in [0.25, 0.3) is 0 Å². The number of para-hydroxylation sites is 1. The Morgan fingerprint density at radius 2 is 1.42 bits per heavy atom. The van der Waals surface area contributed by atoms with Crippen molar-refractivity contribution in [1.82, 2.24) is 29.1 Å². The highest BCUT2D eigenvalue weighted by Gasteiger charge is 2.13. The summed E-state index contributed by atoms with van der Waals surface area (Å²) in [6, 6.07) is 11.4. The molecule has 0 saturated heterocycles. The molecule has 0 saturated carbocycles. The van der Waals surface area contributed by atoms with Gasteiger partial charge in [-0.25, -0.2) is 24.1 Å². The molecule has 0 amide bonds. The van der Waals surface area contributed by atoms with Crippen molar-refractivity contribution in [2.75, 3.05) is 24.7 Å². The van der Waals surface area contributed by atoms with E-state index in [0.717, 1.165) is 34.1 Å². The summed E-state index contributed by atoms with van der Waals surface area (Å²) in [7, 11) is 3.34. The van der Waals surface area contributed by atoms with Crippen LogP contribution >= 0.6 is 27.5 Å². The second-order valence-electron chi connectivity index (χ2n) is 7.40. The Labute approximate surface area is 221 Å². The number of nitrogens with zero attached hydrogens (tertiary/aromatic N) is 6. The minimum Gasteiger partial charge on any atom is -0.357 e. The van der Waals surface area contributed by atoms with E-state index in [1.807, 2.05) is 44.2 Å². The van der Waals surface area contributed by atoms with E-state index in [-0.39, 0.29) is 11.6 Å². The maximum atomic E-state index is 12.0. The van der Waals surface area contributed by atoms with Crippen LogP contribution in [0.1, 0.15) is 25.0 Å². The molecule has 0 aliphatic rings. The average molecular weight is 574 g/mol. The van der Waals surface area contributed by atoms with Crippen molar-refractivity contribution < 1.29 is 0 Å². The van der Waals surface area contributed by atoms with Crippen LogP contribution < -0.4 is 22.0 Å². The fourth-order valence-electron chi connectivity index (χ4n) is 3.43. The van der Waals surface area contributed by atoms with E-state index in [4.69, 9.17) is 11.6 Å². The predicted molar refractivity (Wildman–Crippen MR) is 146 cm³/mol. The molecule has 0 aliphatic heterocycles. The Hall–Kier alpha value is -3.57. The van der Waals surface area contributed by atoms with Gasteiger partial charge in [-0.3, -0.25) is 4.57 Å². The zero-order valence-electron chi connectivity index (χ0n) is 20.3. The molecule has 4 rings (SSSR count). The molecule has 0 radical (unpaired) electrons. The fourth-order valence-corrected chi connectivity index (χ4v) is 4.40. The Morgan fingerprint density at radius 3 is 1.94 bits per heavy atom.